The number of carbonyl (C=O) groups is 1. The average molecular weight is 230 g/mol. The summed E-state index contributed by atoms with van der Waals surface area (Å²) in [6.45, 7) is 6.86. The molecule has 0 amide bonds. The van der Waals surface area contributed by atoms with Gasteiger partial charge >= 0.3 is 5.97 Å². The number of aliphatic carboxylic acids is 1. The van der Waals surface area contributed by atoms with E-state index < -0.39 is 11.5 Å². The van der Waals surface area contributed by atoms with E-state index in [1.165, 1.54) is 0 Å². The van der Waals surface area contributed by atoms with Gasteiger partial charge in [0.2, 0.25) is 0 Å². The Kier molecular flexibility index (Phi) is 6.60. The van der Waals surface area contributed by atoms with Gasteiger partial charge in [-0.2, -0.15) is 0 Å². The number of rotatable bonds is 8. The molecule has 0 fully saturated rings. The Hall–Kier alpha value is -0.610. The zero-order chi connectivity index (χ0) is 12.8. The van der Waals surface area contributed by atoms with E-state index in [0.717, 1.165) is 13.0 Å². The lowest BCUT2D eigenvalue weighted by molar-refractivity contribution is -0.145. The molecule has 0 aliphatic heterocycles. The van der Waals surface area contributed by atoms with Crippen molar-refractivity contribution in [2.24, 2.45) is 0 Å². The van der Waals surface area contributed by atoms with Crippen LogP contribution in [0.2, 0.25) is 0 Å². The highest BCUT2D eigenvalue weighted by atomic mass is 16.4. The number of nitrogens with one attached hydrogen (secondary N) is 1. The molecule has 0 heterocycles. The lowest BCUT2D eigenvalue weighted by Crippen LogP contribution is -2.54. The standard InChI is InChI=1S/C12H26N2O2/c1-6-12(7-2,11(15)16)13-10(3)8-9-14(4)5/h10,13H,6-9H2,1-5H3,(H,15,16). The molecule has 4 nitrogen and oxygen atoms in total. The minimum absolute atomic E-state index is 0.221. The summed E-state index contributed by atoms with van der Waals surface area (Å²) in [6, 6.07) is 0.221. The molecule has 0 aliphatic rings. The van der Waals surface area contributed by atoms with Gasteiger partial charge in [0, 0.05) is 6.04 Å². The number of hydrogen-bond acceptors (Lipinski definition) is 3. The molecule has 0 aromatic heterocycles. The van der Waals surface area contributed by atoms with E-state index >= 15 is 0 Å². The van der Waals surface area contributed by atoms with Crippen LogP contribution in [0.5, 0.6) is 0 Å². The smallest absolute Gasteiger partial charge is 0.323 e. The molecule has 0 spiro atoms. The summed E-state index contributed by atoms with van der Waals surface area (Å²) in [4.78, 5) is 13.4. The fraction of sp³-hybridized carbons (Fsp3) is 0.917. The van der Waals surface area contributed by atoms with E-state index in [-0.39, 0.29) is 6.04 Å². The van der Waals surface area contributed by atoms with Crippen molar-refractivity contribution in [3.05, 3.63) is 0 Å². The van der Waals surface area contributed by atoms with Crippen LogP contribution in [0.15, 0.2) is 0 Å². The van der Waals surface area contributed by atoms with Gasteiger partial charge in [0.1, 0.15) is 5.54 Å². The first-order chi connectivity index (χ1) is 7.38. The predicted octanol–water partition coefficient (Wildman–Crippen LogP) is 1.56. The van der Waals surface area contributed by atoms with Gasteiger partial charge in [0.05, 0.1) is 0 Å². The molecule has 0 saturated heterocycles. The van der Waals surface area contributed by atoms with Gasteiger partial charge in [0.15, 0.2) is 0 Å². The van der Waals surface area contributed by atoms with Gasteiger partial charge in [0.25, 0.3) is 0 Å². The summed E-state index contributed by atoms with van der Waals surface area (Å²) < 4.78 is 0. The molecule has 0 radical (unpaired) electrons. The maximum atomic E-state index is 11.3. The second-order valence-corrected chi connectivity index (χ2v) is 4.73. The number of carboxylic acid groups (broad SMARTS) is 1. The van der Waals surface area contributed by atoms with Crippen LogP contribution in [-0.2, 0) is 4.79 Å². The summed E-state index contributed by atoms with van der Waals surface area (Å²) in [5, 5.41) is 12.5. The molecular weight excluding hydrogens is 204 g/mol. The summed E-state index contributed by atoms with van der Waals surface area (Å²) in [6.07, 6.45) is 2.19. The van der Waals surface area contributed by atoms with Gasteiger partial charge < -0.3 is 10.0 Å². The van der Waals surface area contributed by atoms with E-state index in [1.807, 2.05) is 34.9 Å². The van der Waals surface area contributed by atoms with Gasteiger partial charge in [-0.1, -0.05) is 13.8 Å². The highest BCUT2D eigenvalue weighted by Crippen LogP contribution is 2.17. The lowest BCUT2D eigenvalue weighted by atomic mass is 9.91. The Labute approximate surface area is 99.0 Å². The van der Waals surface area contributed by atoms with Crippen molar-refractivity contribution < 1.29 is 9.90 Å². The molecule has 0 rings (SSSR count). The maximum Gasteiger partial charge on any atom is 0.323 e. The molecule has 0 aromatic carbocycles. The van der Waals surface area contributed by atoms with Gasteiger partial charge in [-0.15, -0.1) is 0 Å². The number of hydrogen-bond donors (Lipinski definition) is 2. The van der Waals surface area contributed by atoms with E-state index in [0.29, 0.717) is 12.8 Å². The third-order valence-electron chi connectivity index (χ3n) is 3.15. The van der Waals surface area contributed by atoms with E-state index in [2.05, 4.69) is 10.2 Å². The second-order valence-electron chi connectivity index (χ2n) is 4.73. The molecular formula is C12H26N2O2. The van der Waals surface area contributed by atoms with Crippen LogP contribution in [0, 0.1) is 0 Å². The van der Waals surface area contributed by atoms with E-state index in [1.54, 1.807) is 0 Å². The fourth-order valence-corrected chi connectivity index (χ4v) is 1.81. The summed E-state index contributed by atoms with van der Waals surface area (Å²) in [5.41, 5.74) is -0.758. The quantitative estimate of drug-likeness (QED) is 0.664. The molecule has 0 saturated carbocycles. The Morgan fingerprint density at radius 1 is 1.38 bits per heavy atom. The molecule has 16 heavy (non-hydrogen) atoms. The maximum absolute atomic E-state index is 11.3. The summed E-state index contributed by atoms with van der Waals surface area (Å²) in [5.74, 6) is -0.741. The Bertz CT molecular complexity index is 213. The molecule has 1 unspecified atom stereocenters. The van der Waals surface area contributed by atoms with Crippen LogP contribution in [0.1, 0.15) is 40.0 Å². The zero-order valence-corrected chi connectivity index (χ0v) is 11.2. The summed E-state index contributed by atoms with van der Waals surface area (Å²) >= 11 is 0. The first kappa shape index (κ1) is 15.4. The van der Waals surface area contributed by atoms with Crippen LogP contribution in [0.3, 0.4) is 0 Å². The minimum atomic E-state index is -0.758. The average Bonchev–Trinajstić information content (AvgIpc) is 2.22. The zero-order valence-electron chi connectivity index (χ0n) is 11.2. The van der Waals surface area contributed by atoms with Crippen molar-refractivity contribution >= 4 is 5.97 Å². The third-order valence-corrected chi connectivity index (χ3v) is 3.15. The van der Waals surface area contributed by atoms with E-state index in [4.69, 9.17) is 0 Å². The van der Waals surface area contributed by atoms with Crippen molar-refractivity contribution in [1.82, 2.24) is 10.2 Å². The minimum Gasteiger partial charge on any atom is -0.480 e. The van der Waals surface area contributed by atoms with Crippen LogP contribution in [0.4, 0.5) is 0 Å². The number of nitrogens with zero attached hydrogens (tertiary/aromatic N) is 1. The molecule has 0 aliphatic carbocycles. The van der Waals surface area contributed by atoms with Crippen LogP contribution in [-0.4, -0.2) is 48.2 Å². The molecule has 96 valence electrons. The van der Waals surface area contributed by atoms with Gasteiger partial charge in [-0.05, 0) is 46.8 Å². The normalized spacial score (nSPS) is 14.1. The van der Waals surface area contributed by atoms with Crippen LogP contribution >= 0.6 is 0 Å². The first-order valence-corrected chi connectivity index (χ1v) is 6.03. The topological polar surface area (TPSA) is 52.6 Å². The number of carboxylic acids is 1. The van der Waals surface area contributed by atoms with E-state index in [9.17, 15) is 9.90 Å². The Morgan fingerprint density at radius 3 is 2.19 bits per heavy atom. The van der Waals surface area contributed by atoms with Gasteiger partial charge in [-0.3, -0.25) is 10.1 Å². The molecule has 1 atom stereocenters. The molecule has 0 bridgehead atoms. The highest BCUT2D eigenvalue weighted by Gasteiger charge is 2.35. The van der Waals surface area contributed by atoms with Crippen molar-refractivity contribution in [1.29, 1.82) is 0 Å². The Morgan fingerprint density at radius 2 is 1.88 bits per heavy atom. The highest BCUT2D eigenvalue weighted by molar-refractivity contribution is 5.78. The predicted molar refractivity (Wildman–Crippen MR) is 66.7 cm³/mol. The van der Waals surface area contributed by atoms with Crippen LogP contribution in [0.25, 0.3) is 0 Å². The van der Waals surface area contributed by atoms with Crippen molar-refractivity contribution in [3.63, 3.8) is 0 Å². The van der Waals surface area contributed by atoms with Crippen LogP contribution < -0.4 is 5.32 Å². The Balaban J connectivity index is 4.34. The van der Waals surface area contributed by atoms with Crippen molar-refractivity contribution in [2.75, 3.05) is 20.6 Å². The largest absolute Gasteiger partial charge is 0.480 e. The monoisotopic (exact) mass is 230 g/mol. The first-order valence-electron chi connectivity index (χ1n) is 6.03. The van der Waals surface area contributed by atoms with Crippen molar-refractivity contribution in [2.45, 2.75) is 51.6 Å². The lowest BCUT2D eigenvalue weighted by Gasteiger charge is -2.32. The third kappa shape index (κ3) is 4.49. The second kappa shape index (κ2) is 6.86. The molecule has 2 N–H and O–H groups in total. The molecule has 0 aromatic rings. The van der Waals surface area contributed by atoms with Crippen molar-refractivity contribution in [3.8, 4) is 0 Å². The fourth-order valence-electron chi connectivity index (χ4n) is 1.81. The molecule has 4 heteroatoms. The summed E-state index contributed by atoms with van der Waals surface area (Å²) in [7, 11) is 4.05. The SMILES string of the molecule is CCC(CC)(NC(C)CCN(C)C)C(=O)O. The van der Waals surface area contributed by atoms with Gasteiger partial charge in [-0.25, -0.2) is 0 Å².